The van der Waals surface area contributed by atoms with Gasteiger partial charge in [0.1, 0.15) is 11.4 Å². The molecule has 0 bridgehead atoms. The predicted octanol–water partition coefficient (Wildman–Crippen LogP) is 3.09. The Kier molecular flexibility index (Phi) is 4.70. The van der Waals surface area contributed by atoms with Gasteiger partial charge in [0.15, 0.2) is 5.82 Å². The van der Waals surface area contributed by atoms with Crippen LogP contribution in [-0.4, -0.2) is 23.5 Å². The lowest BCUT2D eigenvalue weighted by Gasteiger charge is -2.20. The number of phenols is 1. The van der Waals surface area contributed by atoms with Gasteiger partial charge in [-0.15, -0.1) is 0 Å². The topological polar surface area (TPSA) is 69.6 Å². The smallest absolute Gasteiger partial charge is 0.229 e. The highest BCUT2D eigenvalue weighted by Gasteiger charge is 2.36. The molecule has 25 heavy (non-hydrogen) atoms. The van der Waals surface area contributed by atoms with Crippen LogP contribution in [0.1, 0.15) is 18.9 Å². The van der Waals surface area contributed by atoms with E-state index in [2.05, 4.69) is 5.32 Å². The van der Waals surface area contributed by atoms with Gasteiger partial charge in [0, 0.05) is 18.7 Å². The third-order valence-corrected chi connectivity index (χ3v) is 4.40. The first-order valence-electron chi connectivity index (χ1n) is 8.18. The number of aryl methyl sites for hydroxylation is 1. The van der Waals surface area contributed by atoms with Crippen LogP contribution < -0.4 is 10.2 Å². The molecule has 2 amide bonds. The molecule has 5 nitrogen and oxygen atoms in total. The van der Waals surface area contributed by atoms with Crippen LogP contribution >= 0.6 is 0 Å². The Labute approximate surface area is 145 Å². The number of phenolic OH excluding ortho intramolecular Hbond substituents is 1. The Bertz CT molecular complexity index is 802. The number of aromatic hydroxyl groups is 1. The molecule has 0 spiro atoms. The molecule has 1 aliphatic heterocycles. The van der Waals surface area contributed by atoms with E-state index >= 15 is 0 Å². The van der Waals surface area contributed by atoms with E-state index < -0.39 is 17.6 Å². The summed E-state index contributed by atoms with van der Waals surface area (Å²) in [5.41, 5.74) is 1.58. The van der Waals surface area contributed by atoms with Crippen molar-refractivity contribution < 1.29 is 19.1 Å². The maximum absolute atomic E-state index is 13.8. The first kappa shape index (κ1) is 17.0. The van der Waals surface area contributed by atoms with Crippen molar-refractivity contribution in [2.45, 2.75) is 19.8 Å². The first-order chi connectivity index (χ1) is 12.0. The molecule has 1 heterocycles. The Balaban J connectivity index is 1.77. The predicted molar refractivity (Wildman–Crippen MR) is 93.0 cm³/mol. The Morgan fingerprint density at radius 2 is 2.04 bits per heavy atom. The number of hydrogen-bond acceptors (Lipinski definition) is 3. The molecule has 1 atom stereocenters. The van der Waals surface area contributed by atoms with E-state index in [9.17, 15) is 19.1 Å². The second-order valence-electron chi connectivity index (χ2n) is 6.01. The minimum Gasteiger partial charge on any atom is -0.506 e. The maximum Gasteiger partial charge on any atom is 0.229 e. The van der Waals surface area contributed by atoms with E-state index in [1.807, 2.05) is 31.2 Å². The van der Waals surface area contributed by atoms with Crippen molar-refractivity contribution in [1.29, 1.82) is 0 Å². The summed E-state index contributed by atoms with van der Waals surface area (Å²) in [7, 11) is 0. The molecule has 1 aliphatic rings. The quantitative estimate of drug-likeness (QED) is 0.839. The Morgan fingerprint density at radius 1 is 1.28 bits per heavy atom. The maximum atomic E-state index is 13.8. The van der Waals surface area contributed by atoms with E-state index in [0.29, 0.717) is 0 Å². The molecule has 1 saturated heterocycles. The molecule has 2 aromatic rings. The second kappa shape index (κ2) is 6.93. The van der Waals surface area contributed by atoms with Crippen molar-refractivity contribution in [3.05, 3.63) is 53.8 Å². The van der Waals surface area contributed by atoms with Crippen LogP contribution in [0.3, 0.4) is 0 Å². The summed E-state index contributed by atoms with van der Waals surface area (Å²) in [5, 5.41) is 12.1. The minimum absolute atomic E-state index is 0.0547. The van der Waals surface area contributed by atoms with Crippen molar-refractivity contribution >= 4 is 23.2 Å². The normalized spacial score (nSPS) is 17.0. The van der Waals surface area contributed by atoms with Gasteiger partial charge in [-0.25, -0.2) is 4.39 Å². The number of rotatable bonds is 4. The Hall–Kier alpha value is -2.89. The molecule has 3 rings (SSSR count). The zero-order valence-corrected chi connectivity index (χ0v) is 13.8. The van der Waals surface area contributed by atoms with E-state index in [1.165, 1.54) is 12.1 Å². The van der Waals surface area contributed by atoms with Gasteiger partial charge >= 0.3 is 0 Å². The lowest BCUT2D eigenvalue weighted by Crippen LogP contribution is -2.29. The molecule has 0 radical (unpaired) electrons. The summed E-state index contributed by atoms with van der Waals surface area (Å²) in [6.07, 6.45) is 0.832. The molecular weight excluding hydrogens is 323 g/mol. The van der Waals surface area contributed by atoms with Crippen LogP contribution in [0, 0.1) is 11.7 Å². The highest BCUT2D eigenvalue weighted by molar-refractivity contribution is 6.04. The fourth-order valence-corrected chi connectivity index (χ4v) is 3.05. The summed E-state index contributed by atoms with van der Waals surface area (Å²) < 4.78 is 13.8. The van der Waals surface area contributed by atoms with Gasteiger partial charge in [-0.05, 0) is 30.2 Å². The third-order valence-electron chi connectivity index (χ3n) is 4.40. The van der Waals surface area contributed by atoms with Gasteiger partial charge in [0.05, 0.1) is 5.92 Å². The molecule has 0 aromatic heterocycles. The summed E-state index contributed by atoms with van der Waals surface area (Å²) in [6.45, 7) is 2.24. The third kappa shape index (κ3) is 3.33. The van der Waals surface area contributed by atoms with Crippen molar-refractivity contribution in [3.63, 3.8) is 0 Å². The monoisotopic (exact) mass is 342 g/mol. The minimum atomic E-state index is -0.717. The molecular formula is C19H19FN2O3. The van der Waals surface area contributed by atoms with Crippen LogP contribution in [0.2, 0.25) is 0 Å². The Morgan fingerprint density at radius 3 is 2.76 bits per heavy atom. The summed E-state index contributed by atoms with van der Waals surface area (Å²) in [6, 6.07) is 11.4. The lowest BCUT2D eigenvalue weighted by molar-refractivity contribution is -0.122. The van der Waals surface area contributed by atoms with Crippen molar-refractivity contribution in [1.82, 2.24) is 0 Å². The number of anilines is 2. The molecule has 6 heteroatoms. The standard InChI is InChI=1S/C19H19FN2O3/c1-2-12-6-3-4-8-15(12)22-11-13(10-17(22)24)19(25)21-18-14(20)7-5-9-16(18)23/h3-9,13,23H,2,10-11H2,1H3,(H,21,25)/t13-/m0/s1. The SMILES string of the molecule is CCc1ccccc1N1C[C@@H](C(=O)Nc2c(O)cccc2F)CC1=O. The highest BCUT2D eigenvalue weighted by atomic mass is 19.1. The van der Waals surface area contributed by atoms with Gasteiger partial charge in [-0.1, -0.05) is 31.2 Å². The second-order valence-corrected chi connectivity index (χ2v) is 6.01. The van der Waals surface area contributed by atoms with Crippen molar-refractivity contribution in [2.75, 3.05) is 16.8 Å². The number of carbonyl (C=O) groups is 2. The number of hydrogen-bond donors (Lipinski definition) is 2. The van der Waals surface area contributed by atoms with Crippen molar-refractivity contribution in [3.8, 4) is 5.75 Å². The summed E-state index contributed by atoms with van der Waals surface area (Å²) in [5.74, 6) is -2.28. The summed E-state index contributed by atoms with van der Waals surface area (Å²) in [4.78, 5) is 26.4. The summed E-state index contributed by atoms with van der Waals surface area (Å²) >= 11 is 0. The molecule has 2 N–H and O–H groups in total. The van der Waals surface area contributed by atoms with Gasteiger partial charge in [-0.2, -0.15) is 0 Å². The number of para-hydroxylation sites is 2. The number of nitrogens with zero attached hydrogens (tertiary/aromatic N) is 1. The fraction of sp³-hybridized carbons (Fsp3) is 0.263. The number of nitrogens with one attached hydrogen (secondary N) is 1. The fourth-order valence-electron chi connectivity index (χ4n) is 3.05. The van der Waals surface area contributed by atoms with Crippen LogP contribution in [0.15, 0.2) is 42.5 Å². The zero-order chi connectivity index (χ0) is 18.0. The van der Waals surface area contributed by atoms with Gasteiger partial charge in [-0.3, -0.25) is 9.59 Å². The van der Waals surface area contributed by atoms with Gasteiger partial charge < -0.3 is 15.3 Å². The number of amides is 2. The average Bonchev–Trinajstić information content (AvgIpc) is 3.00. The molecule has 2 aromatic carbocycles. The van der Waals surface area contributed by atoms with Gasteiger partial charge in [0.25, 0.3) is 0 Å². The zero-order valence-electron chi connectivity index (χ0n) is 13.8. The molecule has 1 fully saturated rings. The van der Waals surface area contributed by atoms with E-state index in [0.717, 1.165) is 23.7 Å². The van der Waals surface area contributed by atoms with Crippen LogP contribution in [0.4, 0.5) is 15.8 Å². The first-order valence-corrected chi connectivity index (χ1v) is 8.18. The van der Waals surface area contributed by atoms with Gasteiger partial charge in [0.2, 0.25) is 11.8 Å². The van der Waals surface area contributed by atoms with Crippen LogP contribution in [-0.2, 0) is 16.0 Å². The lowest BCUT2D eigenvalue weighted by atomic mass is 10.1. The highest BCUT2D eigenvalue weighted by Crippen LogP contribution is 2.31. The largest absolute Gasteiger partial charge is 0.506 e. The van der Waals surface area contributed by atoms with E-state index in [1.54, 1.807) is 4.90 Å². The van der Waals surface area contributed by atoms with Crippen LogP contribution in [0.5, 0.6) is 5.75 Å². The molecule has 0 saturated carbocycles. The number of halogens is 1. The van der Waals surface area contributed by atoms with E-state index in [4.69, 9.17) is 0 Å². The van der Waals surface area contributed by atoms with Crippen LogP contribution in [0.25, 0.3) is 0 Å². The van der Waals surface area contributed by atoms with Crippen molar-refractivity contribution in [2.24, 2.45) is 5.92 Å². The average molecular weight is 342 g/mol. The molecule has 130 valence electrons. The van der Waals surface area contributed by atoms with E-state index in [-0.39, 0.29) is 30.3 Å². The molecule has 0 aliphatic carbocycles. The molecule has 0 unspecified atom stereocenters. The number of benzene rings is 2. The number of carbonyl (C=O) groups excluding carboxylic acids is 2.